The van der Waals surface area contributed by atoms with Crippen LogP contribution in [0.1, 0.15) is 156 Å². The van der Waals surface area contributed by atoms with Crippen molar-refractivity contribution < 1.29 is 28.6 Å². The lowest BCUT2D eigenvalue weighted by Crippen LogP contribution is -2.30. The minimum atomic E-state index is -0.867. The molecular formula is C56H82O6. The van der Waals surface area contributed by atoms with E-state index in [0.29, 0.717) is 19.3 Å². The first kappa shape index (κ1) is 57.0. The molecule has 342 valence electrons. The second kappa shape index (κ2) is 48.7. The van der Waals surface area contributed by atoms with Crippen molar-refractivity contribution in [1.82, 2.24) is 0 Å². The van der Waals surface area contributed by atoms with Crippen LogP contribution in [0.25, 0.3) is 0 Å². The normalized spacial score (nSPS) is 13.5. The van der Waals surface area contributed by atoms with Crippen molar-refractivity contribution >= 4 is 17.9 Å². The summed E-state index contributed by atoms with van der Waals surface area (Å²) in [5, 5.41) is 0. The number of allylic oxidation sites excluding steroid dienone is 26. The van der Waals surface area contributed by atoms with Gasteiger partial charge < -0.3 is 14.2 Å². The number of rotatable bonds is 39. The van der Waals surface area contributed by atoms with Crippen LogP contribution in [0, 0.1) is 0 Å². The van der Waals surface area contributed by atoms with Gasteiger partial charge in [-0.1, -0.05) is 179 Å². The van der Waals surface area contributed by atoms with E-state index in [0.717, 1.165) is 96.3 Å². The molecule has 0 fully saturated rings. The van der Waals surface area contributed by atoms with Crippen molar-refractivity contribution in [2.45, 2.75) is 162 Å². The van der Waals surface area contributed by atoms with E-state index in [-0.39, 0.29) is 38.4 Å². The molecule has 62 heavy (non-hydrogen) atoms. The summed E-state index contributed by atoms with van der Waals surface area (Å²) in [6.07, 6.45) is 71.2. The summed E-state index contributed by atoms with van der Waals surface area (Å²) in [5.41, 5.74) is 0. The number of ether oxygens (including phenoxy) is 3. The molecule has 0 aliphatic carbocycles. The van der Waals surface area contributed by atoms with Gasteiger partial charge in [0.1, 0.15) is 13.2 Å². The predicted molar refractivity (Wildman–Crippen MR) is 265 cm³/mol. The number of hydrogen-bond donors (Lipinski definition) is 0. The second-order valence-corrected chi connectivity index (χ2v) is 14.5. The molecule has 0 aromatic heterocycles. The maximum Gasteiger partial charge on any atom is 0.306 e. The van der Waals surface area contributed by atoms with E-state index in [1.165, 1.54) is 0 Å². The van der Waals surface area contributed by atoms with Gasteiger partial charge in [0.25, 0.3) is 0 Å². The van der Waals surface area contributed by atoms with Gasteiger partial charge in [-0.25, -0.2) is 0 Å². The maximum atomic E-state index is 12.7. The summed E-state index contributed by atoms with van der Waals surface area (Å²) < 4.78 is 16.5. The van der Waals surface area contributed by atoms with Crippen LogP contribution in [0.3, 0.4) is 0 Å². The second-order valence-electron chi connectivity index (χ2n) is 14.5. The third kappa shape index (κ3) is 46.1. The number of unbranched alkanes of at least 4 members (excludes halogenated alkanes) is 2. The van der Waals surface area contributed by atoms with Crippen LogP contribution in [-0.4, -0.2) is 37.2 Å². The maximum absolute atomic E-state index is 12.7. The van der Waals surface area contributed by atoms with Gasteiger partial charge in [-0.2, -0.15) is 0 Å². The van der Waals surface area contributed by atoms with Crippen molar-refractivity contribution in [2.75, 3.05) is 13.2 Å². The molecule has 0 spiro atoms. The molecule has 0 bridgehead atoms. The van der Waals surface area contributed by atoms with E-state index in [2.05, 4.69) is 154 Å². The van der Waals surface area contributed by atoms with Crippen LogP contribution in [-0.2, 0) is 28.6 Å². The van der Waals surface area contributed by atoms with Crippen LogP contribution in [0.2, 0.25) is 0 Å². The highest BCUT2D eigenvalue weighted by Crippen LogP contribution is 2.08. The highest BCUT2D eigenvalue weighted by molar-refractivity contribution is 5.71. The molecule has 6 heteroatoms. The molecular weight excluding hydrogens is 769 g/mol. The fraction of sp³-hybridized carbons (Fsp3) is 0.482. The van der Waals surface area contributed by atoms with Crippen LogP contribution in [0.5, 0.6) is 0 Å². The number of esters is 3. The largest absolute Gasteiger partial charge is 0.462 e. The third-order valence-corrected chi connectivity index (χ3v) is 8.79. The number of carbonyl (C=O) groups excluding carboxylic acids is 3. The Kier molecular flexibility index (Phi) is 44.8. The van der Waals surface area contributed by atoms with Gasteiger partial charge in [-0.05, 0) is 116 Å². The summed E-state index contributed by atoms with van der Waals surface area (Å²) in [4.78, 5) is 37.7. The van der Waals surface area contributed by atoms with Crippen LogP contribution in [0.4, 0.5) is 0 Å². The van der Waals surface area contributed by atoms with Gasteiger partial charge in [-0.3, -0.25) is 14.4 Å². The quantitative estimate of drug-likeness (QED) is 0.0265. The molecule has 0 N–H and O–H groups in total. The van der Waals surface area contributed by atoms with E-state index in [4.69, 9.17) is 14.2 Å². The molecule has 0 heterocycles. The molecule has 0 saturated heterocycles. The molecule has 0 aromatic rings. The average molecular weight is 851 g/mol. The van der Waals surface area contributed by atoms with E-state index < -0.39 is 18.0 Å². The first-order chi connectivity index (χ1) is 30.5. The summed E-state index contributed by atoms with van der Waals surface area (Å²) in [6.45, 7) is 6.07. The standard InChI is InChI=1S/C56H82O6/c1-4-7-10-13-16-19-21-23-25-27-28-29-31-32-34-37-40-43-46-49-55(58)61-52-53(51-60-54(57)48-45-42-39-36-18-15-12-9-6-3)62-56(59)50-47-44-41-38-35-33-30-26-24-22-20-17-14-11-8-5-2/h7-12,16-20,23-26,28-29,32-36,40-41,43-44,53H,4-6,13-15,21-22,27,30-31,37-39,42,45-52H2,1-3H3/b10-7-,11-8-,12-9-,19-16-,20-17-,25-23-,26-24-,29-28-,34-32-,35-33-,36-18-,43-40-,44-41-. The molecule has 6 nitrogen and oxygen atoms in total. The van der Waals surface area contributed by atoms with Gasteiger partial charge in [0.15, 0.2) is 6.10 Å². The highest BCUT2D eigenvalue weighted by atomic mass is 16.6. The summed E-state index contributed by atoms with van der Waals surface area (Å²) in [7, 11) is 0. The summed E-state index contributed by atoms with van der Waals surface area (Å²) >= 11 is 0. The Balaban J connectivity index is 4.64. The fourth-order valence-electron chi connectivity index (χ4n) is 5.37. The predicted octanol–water partition coefficient (Wildman–Crippen LogP) is 15.5. The zero-order chi connectivity index (χ0) is 45.1. The Labute approximate surface area is 378 Å². The van der Waals surface area contributed by atoms with Gasteiger partial charge >= 0.3 is 17.9 Å². The topological polar surface area (TPSA) is 78.9 Å². The Morgan fingerprint density at radius 2 is 0.597 bits per heavy atom. The Bertz CT molecular complexity index is 1490. The fourth-order valence-corrected chi connectivity index (χ4v) is 5.37. The minimum Gasteiger partial charge on any atom is -0.462 e. The van der Waals surface area contributed by atoms with Crippen LogP contribution < -0.4 is 0 Å². The zero-order valence-electron chi connectivity index (χ0n) is 38.8. The smallest absolute Gasteiger partial charge is 0.306 e. The number of carbonyl (C=O) groups is 3. The first-order valence-corrected chi connectivity index (χ1v) is 23.5. The lowest BCUT2D eigenvalue weighted by Gasteiger charge is -2.18. The average Bonchev–Trinajstić information content (AvgIpc) is 3.27. The van der Waals surface area contributed by atoms with E-state index in [9.17, 15) is 14.4 Å². The molecule has 1 unspecified atom stereocenters. The Morgan fingerprint density at radius 1 is 0.323 bits per heavy atom. The van der Waals surface area contributed by atoms with Crippen molar-refractivity contribution in [1.29, 1.82) is 0 Å². The van der Waals surface area contributed by atoms with E-state index in [1.807, 2.05) is 24.3 Å². The monoisotopic (exact) mass is 851 g/mol. The van der Waals surface area contributed by atoms with Crippen molar-refractivity contribution in [3.63, 3.8) is 0 Å². The number of hydrogen-bond acceptors (Lipinski definition) is 6. The molecule has 0 rings (SSSR count). The van der Waals surface area contributed by atoms with Gasteiger partial charge in [-0.15, -0.1) is 0 Å². The van der Waals surface area contributed by atoms with E-state index in [1.54, 1.807) is 0 Å². The molecule has 1 atom stereocenters. The SMILES string of the molecule is CC/C=C\C/C=C\C/C=C\C/C=C\C/C=C\C/C=C\CCC(=O)OCC(COC(=O)CCCC/C=C\C/C=C\CC)OC(=O)CC/C=C\C/C=C\C/C=C\C/C=C\C/C=C\CC. The van der Waals surface area contributed by atoms with Gasteiger partial charge in [0.2, 0.25) is 0 Å². The molecule has 0 radical (unpaired) electrons. The van der Waals surface area contributed by atoms with Crippen molar-refractivity contribution in [3.05, 3.63) is 158 Å². The summed E-state index contributed by atoms with van der Waals surface area (Å²) in [5.74, 6) is -1.18. The van der Waals surface area contributed by atoms with Crippen molar-refractivity contribution in [2.24, 2.45) is 0 Å². The third-order valence-electron chi connectivity index (χ3n) is 8.79. The minimum absolute atomic E-state index is 0.156. The Hall–Kier alpha value is -4.97. The Morgan fingerprint density at radius 3 is 0.935 bits per heavy atom. The lowest BCUT2D eigenvalue weighted by atomic mass is 10.2. The zero-order valence-corrected chi connectivity index (χ0v) is 38.8. The molecule has 0 saturated carbocycles. The first-order valence-electron chi connectivity index (χ1n) is 23.5. The highest BCUT2D eigenvalue weighted by Gasteiger charge is 2.19. The van der Waals surface area contributed by atoms with Crippen LogP contribution >= 0.6 is 0 Å². The molecule has 0 amide bonds. The van der Waals surface area contributed by atoms with E-state index >= 15 is 0 Å². The van der Waals surface area contributed by atoms with Gasteiger partial charge in [0.05, 0.1) is 0 Å². The lowest BCUT2D eigenvalue weighted by molar-refractivity contribution is -0.166. The van der Waals surface area contributed by atoms with Crippen LogP contribution in [0.15, 0.2) is 158 Å². The summed E-state index contributed by atoms with van der Waals surface area (Å²) in [6, 6.07) is 0. The van der Waals surface area contributed by atoms with Gasteiger partial charge in [0, 0.05) is 19.3 Å². The molecule has 0 aliphatic heterocycles. The molecule has 0 aliphatic rings. The van der Waals surface area contributed by atoms with Crippen molar-refractivity contribution in [3.8, 4) is 0 Å². The molecule has 0 aromatic carbocycles.